The van der Waals surface area contributed by atoms with Crippen molar-refractivity contribution in [2.24, 2.45) is 0 Å². The third-order valence-electron chi connectivity index (χ3n) is 3.25. The van der Waals surface area contributed by atoms with E-state index in [0.717, 1.165) is 5.56 Å². The molecule has 1 aromatic rings. The Morgan fingerprint density at radius 1 is 1.29 bits per heavy atom. The Morgan fingerprint density at radius 3 is 2.47 bits per heavy atom. The minimum Gasteiger partial charge on any atom is -0.390 e. The van der Waals surface area contributed by atoms with Crippen molar-refractivity contribution in [1.82, 2.24) is 0 Å². The standard InChI is InChI=1S/C14H20O3/c1-10(11-7-5-4-6-8-11)13(15)12-9-16-14(2,3)17-12/h4-8,10,12-13,15H,9H2,1-3H3. The molecule has 0 saturated carbocycles. The Balaban J connectivity index is 2.03. The topological polar surface area (TPSA) is 38.7 Å². The molecule has 2 rings (SSSR count). The highest BCUT2D eigenvalue weighted by Crippen LogP contribution is 2.30. The summed E-state index contributed by atoms with van der Waals surface area (Å²) in [7, 11) is 0. The fraction of sp³-hybridized carbons (Fsp3) is 0.571. The van der Waals surface area contributed by atoms with Gasteiger partial charge in [-0.05, 0) is 19.4 Å². The smallest absolute Gasteiger partial charge is 0.163 e. The first-order valence-electron chi connectivity index (χ1n) is 6.04. The maximum absolute atomic E-state index is 10.3. The maximum atomic E-state index is 10.3. The van der Waals surface area contributed by atoms with Gasteiger partial charge in [0, 0.05) is 5.92 Å². The van der Waals surface area contributed by atoms with Crippen molar-refractivity contribution in [3.63, 3.8) is 0 Å². The molecule has 0 bridgehead atoms. The molecule has 17 heavy (non-hydrogen) atoms. The second-order valence-electron chi connectivity index (χ2n) is 5.06. The van der Waals surface area contributed by atoms with Crippen LogP contribution in [0.2, 0.25) is 0 Å². The van der Waals surface area contributed by atoms with E-state index in [0.29, 0.717) is 6.61 Å². The lowest BCUT2D eigenvalue weighted by Gasteiger charge is -2.25. The van der Waals surface area contributed by atoms with Crippen molar-refractivity contribution in [1.29, 1.82) is 0 Å². The van der Waals surface area contributed by atoms with Crippen molar-refractivity contribution in [2.75, 3.05) is 6.61 Å². The van der Waals surface area contributed by atoms with Crippen LogP contribution in [0.1, 0.15) is 32.3 Å². The highest BCUT2D eigenvalue weighted by atomic mass is 16.7. The van der Waals surface area contributed by atoms with Gasteiger partial charge >= 0.3 is 0 Å². The lowest BCUT2D eigenvalue weighted by Crippen LogP contribution is -2.34. The molecule has 3 unspecified atom stereocenters. The highest BCUT2D eigenvalue weighted by molar-refractivity contribution is 5.20. The summed E-state index contributed by atoms with van der Waals surface area (Å²) in [4.78, 5) is 0. The Kier molecular flexibility index (Phi) is 3.52. The number of hydrogen-bond donors (Lipinski definition) is 1. The molecule has 1 N–H and O–H groups in total. The van der Waals surface area contributed by atoms with E-state index < -0.39 is 11.9 Å². The van der Waals surface area contributed by atoms with Gasteiger partial charge in [-0.2, -0.15) is 0 Å². The van der Waals surface area contributed by atoms with E-state index >= 15 is 0 Å². The lowest BCUT2D eigenvalue weighted by atomic mass is 9.92. The number of ether oxygens (including phenoxy) is 2. The summed E-state index contributed by atoms with van der Waals surface area (Å²) in [6.07, 6.45) is -0.792. The van der Waals surface area contributed by atoms with Gasteiger partial charge in [-0.3, -0.25) is 0 Å². The Bertz CT molecular complexity index is 361. The molecule has 0 aromatic heterocycles. The van der Waals surface area contributed by atoms with Crippen LogP contribution in [0.15, 0.2) is 30.3 Å². The maximum Gasteiger partial charge on any atom is 0.163 e. The second-order valence-corrected chi connectivity index (χ2v) is 5.06. The largest absolute Gasteiger partial charge is 0.390 e. The molecular formula is C14H20O3. The molecule has 0 spiro atoms. The molecule has 1 heterocycles. The van der Waals surface area contributed by atoms with Crippen LogP contribution in [0.4, 0.5) is 0 Å². The molecule has 0 amide bonds. The molecular weight excluding hydrogens is 216 g/mol. The zero-order valence-corrected chi connectivity index (χ0v) is 10.6. The first-order chi connectivity index (χ1) is 7.99. The zero-order valence-electron chi connectivity index (χ0n) is 10.6. The van der Waals surface area contributed by atoms with Gasteiger partial charge in [0.25, 0.3) is 0 Å². The molecule has 1 aliphatic rings. The van der Waals surface area contributed by atoms with Crippen molar-refractivity contribution in [3.8, 4) is 0 Å². The minimum atomic E-state index is -0.581. The summed E-state index contributed by atoms with van der Waals surface area (Å²) >= 11 is 0. The van der Waals surface area contributed by atoms with Crippen LogP contribution in [0.5, 0.6) is 0 Å². The number of benzene rings is 1. The predicted octanol–water partition coefficient (Wildman–Crippen LogP) is 2.30. The summed E-state index contributed by atoms with van der Waals surface area (Å²) in [5, 5.41) is 10.3. The van der Waals surface area contributed by atoms with Crippen molar-refractivity contribution in [3.05, 3.63) is 35.9 Å². The van der Waals surface area contributed by atoms with Crippen LogP contribution in [0.3, 0.4) is 0 Å². The van der Waals surface area contributed by atoms with Crippen LogP contribution in [0, 0.1) is 0 Å². The van der Waals surface area contributed by atoms with Gasteiger partial charge in [-0.1, -0.05) is 37.3 Å². The number of hydrogen-bond acceptors (Lipinski definition) is 3. The van der Waals surface area contributed by atoms with Crippen LogP contribution < -0.4 is 0 Å². The lowest BCUT2D eigenvalue weighted by molar-refractivity contribution is -0.152. The number of aliphatic hydroxyl groups excluding tert-OH is 1. The van der Waals surface area contributed by atoms with Gasteiger partial charge in [0.05, 0.1) is 12.7 Å². The fourth-order valence-corrected chi connectivity index (χ4v) is 2.16. The van der Waals surface area contributed by atoms with E-state index in [1.807, 2.05) is 51.1 Å². The number of aliphatic hydroxyl groups is 1. The van der Waals surface area contributed by atoms with E-state index in [1.54, 1.807) is 0 Å². The monoisotopic (exact) mass is 236 g/mol. The third kappa shape index (κ3) is 2.86. The van der Waals surface area contributed by atoms with Crippen molar-refractivity contribution in [2.45, 2.75) is 44.7 Å². The van der Waals surface area contributed by atoms with Gasteiger partial charge < -0.3 is 14.6 Å². The van der Waals surface area contributed by atoms with Gasteiger partial charge in [-0.15, -0.1) is 0 Å². The summed E-state index contributed by atoms with van der Waals surface area (Å²) < 4.78 is 11.2. The average molecular weight is 236 g/mol. The Labute approximate surface area is 102 Å². The molecule has 3 heteroatoms. The predicted molar refractivity (Wildman–Crippen MR) is 65.8 cm³/mol. The van der Waals surface area contributed by atoms with E-state index in [2.05, 4.69) is 0 Å². The average Bonchev–Trinajstić information content (AvgIpc) is 2.69. The number of rotatable bonds is 3. The highest BCUT2D eigenvalue weighted by Gasteiger charge is 2.38. The van der Waals surface area contributed by atoms with Crippen LogP contribution in [0.25, 0.3) is 0 Å². The second kappa shape index (κ2) is 4.77. The molecule has 1 aliphatic heterocycles. The molecule has 1 fully saturated rings. The molecule has 0 radical (unpaired) electrons. The van der Waals surface area contributed by atoms with Crippen molar-refractivity contribution < 1.29 is 14.6 Å². The van der Waals surface area contributed by atoms with Crippen LogP contribution in [-0.2, 0) is 9.47 Å². The van der Waals surface area contributed by atoms with Crippen molar-refractivity contribution >= 4 is 0 Å². The minimum absolute atomic E-state index is 0.0405. The van der Waals surface area contributed by atoms with Gasteiger partial charge in [0.15, 0.2) is 5.79 Å². The zero-order chi connectivity index (χ0) is 12.5. The van der Waals surface area contributed by atoms with Crippen LogP contribution >= 0.6 is 0 Å². The van der Waals surface area contributed by atoms with E-state index in [1.165, 1.54) is 0 Å². The van der Waals surface area contributed by atoms with E-state index in [-0.39, 0.29) is 12.0 Å². The van der Waals surface area contributed by atoms with E-state index in [9.17, 15) is 5.11 Å². The molecule has 3 atom stereocenters. The first-order valence-corrected chi connectivity index (χ1v) is 6.04. The summed E-state index contributed by atoms with van der Waals surface area (Å²) in [6, 6.07) is 9.98. The SMILES string of the molecule is CC(c1ccccc1)C(O)C1COC(C)(C)O1. The molecule has 3 nitrogen and oxygen atoms in total. The van der Waals surface area contributed by atoms with E-state index in [4.69, 9.17) is 9.47 Å². The molecule has 1 aromatic carbocycles. The van der Waals surface area contributed by atoms with Gasteiger partial charge in [0.1, 0.15) is 6.10 Å². The first kappa shape index (κ1) is 12.6. The normalized spacial score (nSPS) is 26.7. The molecule has 1 saturated heterocycles. The Hall–Kier alpha value is -0.900. The summed E-state index contributed by atoms with van der Waals surface area (Å²) in [5.74, 6) is -0.541. The quantitative estimate of drug-likeness (QED) is 0.875. The van der Waals surface area contributed by atoms with Gasteiger partial charge in [-0.25, -0.2) is 0 Å². The molecule has 0 aliphatic carbocycles. The fourth-order valence-electron chi connectivity index (χ4n) is 2.16. The molecule has 94 valence electrons. The van der Waals surface area contributed by atoms with Gasteiger partial charge in [0.2, 0.25) is 0 Å². The van der Waals surface area contributed by atoms with Crippen LogP contribution in [-0.4, -0.2) is 29.7 Å². The summed E-state index contributed by atoms with van der Waals surface area (Å²) in [6.45, 7) is 6.19. The summed E-state index contributed by atoms with van der Waals surface area (Å²) in [5.41, 5.74) is 1.12. The third-order valence-corrected chi connectivity index (χ3v) is 3.25. The Morgan fingerprint density at radius 2 is 1.94 bits per heavy atom.